The molecule has 1 N–H and O–H groups in total. The fourth-order valence-electron chi connectivity index (χ4n) is 2.43. The minimum Gasteiger partial charge on any atom is -0.493 e. The molecule has 0 fully saturated rings. The highest BCUT2D eigenvalue weighted by Crippen LogP contribution is 2.29. The van der Waals surface area contributed by atoms with E-state index in [-0.39, 0.29) is 0 Å². The van der Waals surface area contributed by atoms with Crippen LogP contribution in [0.4, 0.5) is 0 Å². The monoisotopic (exact) mass is 343 g/mol. The second-order valence-corrected chi connectivity index (χ2v) is 5.68. The van der Waals surface area contributed by atoms with Crippen molar-refractivity contribution in [1.29, 1.82) is 0 Å². The van der Waals surface area contributed by atoms with Crippen LogP contribution >= 0.6 is 0 Å². The molecule has 0 aromatic heterocycles. The summed E-state index contributed by atoms with van der Waals surface area (Å²) < 4.78 is 15.6. The molecule has 1 atom stereocenters. The maximum Gasteiger partial charge on any atom is 0.346 e. The van der Waals surface area contributed by atoms with Gasteiger partial charge in [-0.05, 0) is 43.1 Å². The largest absolute Gasteiger partial charge is 0.493 e. The molecule has 0 spiro atoms. The van der Waals surface area contributed by atoms with Crippen molar-refractivity contribution in [1.82, 2.24) is 5.32 Å². The first kappa shape index (κ1) is 18.8. The Morgan fingerprint density at radius 3 is 2.48 bits per heavy atom. The fourth-order valence-corrected chi connectivity index (χ4v) is 2.43. The molecule has 134 valence electrons. The molecule has 0 saturated heterocycles. The van der Waals surface area contributed by atoms with Crippen molar-refractivity contribution >= 4 is 5.97 Å². The van der Waals surface area contributed by atoms with Gasteiger partial charge in [0, 0.05) is 6.54 Å². The fraction of sp³-hybridized carbons (Fsp3) is 0.350. The minimum absolute atomic E-state index is 0.422. The Labute approximate surface area is 148 Å². The summed E-state index contributed by atoms with van der Waals surface area (Å²) in [4.78, 5) is 11.5. The molecular formula is C20H25NO4. The van der Waals surface area contributed by atoms with Crippen LogP contribution in [0.1, 0.15) is 18.1 Å². The molecule has 0 radical (unpaired) electrons. The Hall–Kier alpha value is -2.53. The molecule has 2 rings (SSSR count). The van der Waals surface area contributed by atoms with Crippen LogP contribution in [0.2, 0.25) is 0 Å². The van der Waals surface area contributed by atoms with Gasteiger partial charge in [0.1, 0.15) is 0 Å². The van der Waals surface area contributed by atoms with Crippen molar-refractivity contribution in [3.63, 3.8) is 0 Å². The van der Waals surface area contributed by atoms with Crippen molar-refractivity contribution in [2.75, 3.05) is 20.8 Å². The molecule has 0 heterocycles. The number of methoxy groups -OCH3 is 2. The average Bonchev–Trinajstić information content (AvgIpc) is 2.66. The predicted octanol–water partition coefficient (Wildman–Crippen LogP) is 2.97. The van der Waals surface area contributed by atoms with E-state index >= 15 is 0 Å². The van der Waals surface area contributed by atoms with Crippen LogP contribution in [-0.2, 0) is 22.5 Å². The van der Waals surface area contributed by atoms with Gasteiger partial charge in [-0.1, -0.05) is 36.4 Å². The van der Waals surface area contributed by atoms with Crippen LogP contribution in [0.15, 0.2) is 48.5 Å². The van der Waals surface area contributed by atoms with Gasteiger partial charge in [0.2, 0.25) is 0 Å². The van der Waals surface area contributed by atoms with Crippen LogP contribution in [0.5, 0.6) is 11.5 Å². The third kappa shape index (κ3) is 5.80. The Morgan fingerprint density at radius 1 is 1.04 bits per heavy atom. The summed E-state index contributed by atoms with van der Waals surface area (Å²) in [6, 6.07) is 16.0. The van der Waals surface area contributed by atoms with E-state index in [9.17, 15) is 4.79 Å². The van der Waals surface area contributed by atoms with Gasteiger partial charge in [-0.25, -0.2) is 4.79 Å². The van der Waals surface area contributed by atoms with Crippen LogP contribution in [-0.4, -0.2) is 32.8 Å². The molecule has 2 aromatic carbocycles. The van der Waals surface area contributed by atoms with E-state index in [2.05, 4.69) is 22.2 Å². The van der Waals surface area contributed by atoms with Gasteiger partial charge in [-0.2, -0.15) is 0 Å². The van der Waals surface area contributed by atoms with E-state index in [0.29, 0.717) is 11.5 Å². The van der Waals surface area contributed by atoms with E-state index in [1.54, 1.807) is 14.0 Å². The lowest BCUT2D eigenvalue weighted by Gasteiger charge is -2.16. The predicted molar refractivity (Wildman–Crippen MR) is 97.0 cm³/mol. The van der Waals surface area contributed by atoms with Gasteiger partial charge in [-0.3, -0.25) is 0 Å². The first-order chi connectivity index (χ1) is 12.1. The SMILES string of the molecule is COC(=O)[C@@H](C)Oc1ccc(CNCCc2ccccc2)cc1OC. The zero-order valence-electron chi connectivity index (χ0n) is 15.0. The van der Waals surface area contributed by atoms with Crippen molar-refractivity contribution in [2.24, 2.45) is 0 Å². The molecule has 0 amide bonds. The number of carbonyl (C=O) groups excluding carboxylic acids is 1. The van der Waals surface area contributed by atoms with Gasteiger partial charge < -0.3 is 19.5 Å². The average molecular weight is 343 g/mol. The number of nitrogens with one attached hydrogen (secondary N) is 1. The maximum atomic E-state index is 11.5. The normalized spacial score (nSPS) is 11.6. The smallest absolute Gasteiger partial charge is 0.346 e. The quantitative estimate of drug-likeness (QED) is 0.560. The summed E-state index contributed by atoms with van der Waals surface area (Å²) in [5, 5.41) is 3.42. The summed E-state index contributed by atoms with van der Waals surface area (Å²) in [6.45, 7) is 3.27. The molecule has 5 heteroatoms. The maximum absolute atomic E-state index is 11.5. The molecule has 0 saturated carbocycles. The Kier molecular flexibility index (Phi) is 7.29. The summed E-state index contributed by atoms with van der Waals surface area (Å²) in [6.07, 6.45) is 0.296. The van der Waals surface area contributed by atoms with E-state index in [4.69, 9.17) is 9.47 Å². The van der Waals surface area contributed by atoms with Crippen LogP contribution in [0, 0.1) is 0 Å². The zero-order valence-corrected chi connectivity index (χ0v) is 15.0. The van der Waals surface area contributed by atoms with E-state index in [1.165, 1.54) is 12.7 Å². The van der Waals surface area contributed by atoms with E-state index in [0.717, 1.165) is 25.1 Å². The van der Waals surface area contributed by atoms with Gasteiger partial charge >= 0.3 is 5.97 Å². The highest BCUT2D eigenvalue weighted by molar-refractivity contribution is 5.74. The molecule has 0 aliphatic rings. The highest BCUT2D eigenvalue weighted by atomic mass is 16.6. The second-order valence-electron chi connectivity index (χ2n) is 5.68. The lowest BCUT2D eigenvalue weighted by Crippen LogP contribution is -2.25. The molecule has 0 unspecified atom stereocenters. The first-order valence-corrected chi connectivity index (χ1v) is 8.30. The lowest BCUT2D eigenvalue weighted by atomic mass is 10.1. The standard InChI is InChI=1S/C20H25NO4/c1-15(20(22)24-3)25-18-10-9-17(13-19(18)23-2)14-21-12-11-16-7-5-4-6-8-16/h4-10,13,15,21H,11-12,14H2,1-3H3/t15-/m1/s1. The van der Waals surface area contributed by atoms with Crippen LogP contribution < -0.4 is 14.8 Å². The van der Waals surface area contributed by atoms with Gasteiger partial charge in [-0.15, -0.1) is 0 Å². The molecule has 0 bridgehead atoms. The molecule has 5 nitrogen and oxygen atoms in total. The minimum atomic E-state index is -0.686. The summed E-state index contributed by atoms with van der Waals surface area (Å²) in [7, 11) is 2.92. The van der Waals surface area contributed by atoms with Gasteiger partial charge in [0.25, 0.3) is 0 Å². The molecule has 25 heavy (non-hydrogen) atoms. The lowest BCUT2D eigenvalue weighted by molar-refractivity contribution is -0.147. The summed E-state index contributed by atoms with van der Waals surface area (Å²) in [5.74, 6) is 0.695. The number of rotatable bonds is 9. The number of ether oxygens (including phenoxy) is 3. The topological polar surface area (TPSA) is 56.8 Å². The van der Waals surface area contributed by atoms with Crippen molar-refractivity contribution < 1.29 is 19.0 Å². The number of esters is 1. The Morgan fingerprint density at radius 2 is 1.80 bits per heavy atom. The van der Waals surface area contributed by atoms with Gasteiger partial charge in [0.05, 0.1) is 14.2 Å². The third-order valence-electron chi connectivity index (χ3n) is 3.83. The Bertz CT molecular complexity index is 673. The molecular weight excluding hydrogens is 318 g/mol. The third-order valence-corrected chi connectivity index (χ3v) is 3.83. The number of hydrogen-bond donors (Lipinski definition) is 1. The summed E-state index contributed by atoms with van der Waals surface area (Å²) >= 11 is 0. The molecule has 0 aliphatic heterocycles. The van der Waals surface area contributed by atoms with Crippen LogP contribution in [0.3, 0.4) is 0 Å². The second kappa shape index (κ2) is 9.69. The highest BCUT2D eigenvalue weighted by Gasteiger charge is 2.17. The summed E-state index contributed by atoms with van der Waals surface area (Å²) in [5.41, 5.74) is 2.40. The first-order valence-electron chi connectivity index (χ1n) is 8.30. The zero-order chi connectivity index (χ0) is 18.1. The van der Waals surface area contributed by atoms with Crippen molar-refractivity contribution in [2.45, 2.75) is 26.0 Å². The molecule has 2 aromatic rings. The Balaban J connectivity index is 1.88. The van der Waals surface area contributed by atoms with E-state index in [1.807, 2.05) is 36.4 Å². The van der Waals surface area contributed by atoms with E-state index < -0.39 is 12.1 Å². The van der Waals surface area contributed by atoms with Crippen LogP contribution in [0.25, 0.3) is 0 Å². The van der Waals surface area contributed by atoms with Crippen molar-refractivity contribution in [3.8, 4) is 11.5 Å². The number of carbonyl (C=O) groups is 1. The number of hydrogen-bond acceptors (Lipinski definition) is 5. The molecule has 0 aliphatic carbocycles. The number of benzene rings is 2. The van der Waals surface area contributed by atoms with Gasteiger partial charge in [0.15, 0.2) is 17.6 Å². The van der Waals surface area contributed by atoms with Crippen molar-refractivity contribution in [3.05, 3.63) is 59.7 Å².